The maximum atomic E-state index is 5.98. The van der Waals surface area contributed by atoms with Crippen LogP contribution in [0.1, 0.15) is 19.3 Å². The molecule has 0 saturated heterocycles. The average molecular weight is 451 g/mol. The van der Waals surface area contributed by atoms with Crippen LogP contribution in [0.15, 0.2) is 0 Å². The van der Waals surface area contributed by atoms with E-state index in [0.29, 0.717) is 39.1 Å². The lowest BCUT2D eigenvalue weighted by Crippen LogP contribution is -2.07. The minimum atomic E-state index is -1.51. The van der Waals surface area contributed by atoms with Gasteiger partial charge in [0.05, 0.1) is 19.8 Å². The van der Waals surface area contributed by atoms with E-state index in [9.17, 15) is 0 Å². The van der Waals surface area contributed by atoms with Gasteiger partial charge >= 0.3 is 8.60 Å². The van der Waals surface area contributed by atoms with Gasteiger partial charge in [0.2, 0.25) is 0 Å². The molecule has 3 aliphatic rings. The molecule has 3 atom stereocenters. The van der Waals surface area contributed by atoms with Gasteiger partial charge in [-0.05, 0) is 19.3 Å². The quantitative estimate of drug-likeness (QED) is 0.326. The summed E-state index contributed by atoms with van der Waals surface area (Å²) < 4.78 is 15.0. The van der Waals surface area contributed by atoms with E-state index in [-0.39, 0.29) is 17.8 Å². The summed E-state index contributed by atoms with van der Waals surface area (Å²) in [6, 6.07) is 0. The third-order valence-corrected chi connectivity index (χ3v) is 7.87. The van der Waals surface area contributed by atoms with Crippen molar-refractivity contribution in [3.8, 4) is 0 Å². The summed E-state index contributed by atoms with van der Waals surface area (Å²) in [5.74, 6) is 0.320. The van der Waals surface area contributed by atoms with Crippen molar-refractivity contribution in [1.82, 2.24) is 0 Å². The monoisotopic (exact) mass is 448 g/mol. The Hall–Kier alpha value is 2.05. The number of rotatable bonds is 9. The van der Waals surface area contributed by atoms with Gasteiger partial charge in [-0.1, -0.05) is 0 Å². The van der Waals surface area contributed by atoms with Gasteiger partial charge in [0.15, 0.2) is 0 Å². The zero-order valence-electron chi connectivity index (χ0n) is 11.4. The van der Waals surface area contributed by atoms with Crippen LogP contribution in [-0.4, -0.2) is 32.8 Å². The summed E-state index contributed by atoms with van der Waals surface area (Å²) in [5, 5.41) is 0. The van der Waals surface area contributed by atoms with Crippen LogP contribution in [0.2, 0.25) is 0 Å². The first kappa shape index (κ1) is 18.8. The molecule has 22 heavy (non-hydrogen) atoms. The Morgan fingerprint density at radius 3 is 1.05 bits per heavy atom. The van der Waals surface area contributed by atoms with E-state index in [4.69, 9.17) is 83.2 Å². The second-order valence-corrected chi connectivity index (χ2v) is 11.9. The molecule has 0 aromatic rings. The van der Waals surface area contributed by atoms with Crippen LogP contribution in [0.25, 0.3) is 0 Å². The van der Waals surface area contributed by atoms with Gasteiger partial charge in [0, 0.05) is 17.8 Å². The lowest BCUT2D eigenvalue weighted by atomic mass is 10.5. The Labute approximate surface area is 161 Å². The standard InChI is InChI=1S/C12H15Cl6O3P/c13-10(14)1-7(10)4-19-22(20-5-8-2-11(8,15)16)21-6-9-3-12(9,17)18/h7-9H,1-6H2. The molecule has 0 bridgehead atoms. The van der Waals surface area contributed by atoms with Gasteiger partial charge in [0.1, 0.15) is 13.0 Å². The molecule has 0 aromatic carbocycles. The fourth-order valence-corrected chi connectivity index (χ4v) is 4.54. The normalized spacial score (nSPS) is 37.6. The lowest BCUT2D eigenvalue weighted by Gasteiger charge is -2.17. The molecule has 0 radical (unpaired) electrons. The summed E-state index contributed by atoms with van der Waals surface area (Å²) in [4.78, 5) is 0. The second kappa shape index (κ2) is 6.65. The molecular weight excluding hydrogens is 436 g/mol. The average Bonchev–Trinajstić information content (AvgIpc) is 3.30. The highest BCUT2D eigenvalue weighted by Crippen LogP contribution is 2.58. The molecule has 3 rings (SSSR count). The minimum Gasteiger partial charge on any atom is -0.312 e. The highest BCUT2D eigenvalue weighted by atomic mass is 35.5. The SMILES string of the molecule is ClC1(Cl)CC1COP(OCC1CC1(Cl)Cl)OCC1CC1(Cl)Cl. The first-order valence-corrected chi connectivity index (χ1v) is 10.3. The van der Waals surface area contributed by atoms with E-state index >= 15 is 0 Å². The minimum absolute atomic E-state index is 0.107. The van der Waals surface area contributed by atoms with Crippen LogP contribution in [-0.2, 0) is 13.6 Å². The van der Waals surface area contributed by atoms with Crippen LogP contribution in [0.4, 0.5) is 0 Å². The molecule has 0 N–H and O–H groups in total. The first-order valence-electron chi connectivity index (χ1n) is 6.92. The van der Waals surface area contributed by atoms with Crippen molar-refractivity contribution in [2.75, 3.05) is 19.8 Å². The summed E-state index contributed by atoms with van der Waals surface area (Å²) in [5.41, 5.74) is 0. The van der Waals surface area contributed by atoms with Crippen LogP contribution >= 0.6 is 78.2 Å². The Morgan fingerprint density at radius 1 is 0.636 bits per heavy atom. The van der Waals surface area contributed by atoms with Crippen molar-refractivity contribution in [1.29, 1.82) is 0 Å². The molecule has 3 aliphatic carbocycles. The smallest absolute Gasteiger partial charge is 0.312 e. The summed E-state index contributed by atoms with van der Waals surface area (Å²) in [6.07, 6.45) is 2.14. The predicted molar refractivity (Wildman–Crippen MR) is 92.4 cm³/mol. The largest absolute Gasteiger partial charge is 0.332 e. The molecule has 0 aromatic heterocycles. The van der Waals surface area contributed by atoms with Gasteiger partial charge in [-0.3, -0.25) is 0 Å². The van der Waals surface area contributed by atoms with Crippen molar-refractivity contribution in [2.45, 2.75) is 32.3 Å². The van der Waals surface area contributed by atoms with Crippen molar-refractivity contribution < 1.29 is 13.6 Å². The maximum absolute atomic E-state index is 5.98. The Bertz CT molecular complexity index is 373. The summed E-state index contributed by atoms with van der Waals surface area (Å²) in [7, 11) is -1.51. The third-order valence-electron chi connectivity index (χ3n) is 4.01. The van der Waals surface area contributed by atoms with E-state index < -0.39 is 21.6 Å². The van der Waals surface area contributed by atoms with Crippen LogP contribution in [0, 0.1) is 17.8 Å². The second-order valence-electron chi connectivity index (χ2n) is 6.10. The fourth-order valence-electron chi connectivity index (χ4n) is 1.92. The highest BCUT2D eigenvalue weighted by Gasteiger charge is 2.54. The van der Waals surface area contributed by atoms with Crippen molar-refractivity contribution in [3.63, 3.8) is 0 Å². The summed E-state index contributed by atoms with van der Waals surface area (Å²) in [6.45, 7) is 1.19. The lowest BCUT2D eigenvalue weighted by molar-refractivity contribution is 0.146. The van der Waals surface area contributed by atoms with Crippen LogP contribution in [0.3, 0.4) is 0 Å². The highest BCUT2D eigenvalue weighted by molar-refractivity contribution is 7.41. The van der Waals surface area contributed by atoms with E-state index in [1.807, 2.05) is 0 Å². The molecule has 0 heterocycles. The van der Waals surface area contributed by atoms with Gasteiger partial charge in [-0.15, -0.1) is 69.6 Å². The van der Waals surface area contributed by atoms with E-state index in [1.165, 1.54) is 0 Å². The molecule has 3 saturated carbocycles. The molecular formula is C12H15Cl6O3P. The molecule has 3 fully saturated rings. The number of hydrogen-bond acceptors (Lipinski definition) is 3. The van der Waals surface area contributed by atoms with Gasteiger partial charge in [0.25, 0.3) is 0 Å². The van der Waals surface area contributed by atoms with E-state index in [0.717, 1.165) is 0 Å². The van der Waals surface area contributed by atoms with Crippen LogP contribution < -0.4 is 0 Å². The molecule has 3 nitrogen and oxygen atoms in total. The number of halogens is 6. The fraction of sp³-hybridized carbons (Fsp3) is 1.00. The van der Waals surface area contributed by atoms with Gasteiger partial charge in [-0.2, -0.15) is 0 Å². The zero-order valence-corrected chi connectivity index (χ0v) is 16.8. The molecule has 3 unspecified atom stereocenters. The number of hydrogen-bond donors (Lipinski definition) is 0. The van der Waals surface area contributed by atoms with Crippen molar-refractivity contribution in [2.24, 2.45) is 17.8 Å². The molecule has 0 amide bonds. The zero-order chi connectivity index (χ0) is 16.2. The maximum Gasteiger partial charge on any atom is 0.332 e. The third kappa shape index (κ3) is 5.04. The Kier molecular flexibility index (Phi) is 5.69. The molecule has 0 aliphatic heterocycles. The van der Waals surface area contributed by atoms with Crippen molar-refractivity contribution in [3.05, 3.63) is 0 Å². The Morgan fingerprint density at radius 2 is 0.864 bits per heavy atom. The van der Waals surface area contributed by atoms with Crippen LogP contribution in [0.5, 0.6) is 0 Å². The Balaban J connectivity index is 1.40. The molecule has 128 valence electrons. The molecule has 10 heteroatoms. The number of alkyl halides is 6. The topological polar surface area (TPSA) is 27.7 Å². The first-order chi connectivity index (χ1) is 10.1. The van der Waals surface area contributed by atoms with E-state index in [1.54, 1.807) is 0 Å². The van der Waals surface area contributed by atoms with E-state index in [2.05, 4.69) is 0 Å². The van der Waals surface area contributed by atoms with Crippen molar-refractivity contribution >= 4 is 78.2 Å². The predicted octanol–water partition coefficient (Wildman–Crippen LogP) is 5.84. The van der Waals surface area contributed by atoms with Gasteiger partial charge < -0.3 is 13.6 Å². The summed E-state index contributed by atoms with van der Waals surface area (Å²) >= 11 is 35.9. The molecule has 0 spiro atoms. The van der Waals surface area contributed by atoms with Gasteiger partial charge in [-0.25, -0.2) is 0 Å².